The van der Waals surface area contributed by atoms with Crippen LogP contribution in [0.1, 0.15) is 60.0 Å². The standard InChI is InChI=1S/C22H25N3O2S3/c26-19(25-9-3-5-16(25)14-7-10-28-12-14)8-11-29-13-18-23-21(27)20-15-4-1-2-6-17(15)30-22(20)24-18/h7,10,12,16H,1-6,8-9,11,13H2,(H,23,24,27). The van der Waals surface area contributed by atoms with E-state index in [2.05, 4.69) is 21.8 Å². The van der Waals surface area contributed by atoms with Crippen LogP contribution in [-0.2, 0) is 23.4 Å². The Bertz CT molecular complexity index is 1100. The summed E-state index contributed by atoms with van der Waals surface area (Å²) in [5.74, 6) is 2.34. The lowest BCUT2D eigenvalue weighted by atomic mass is 9.97. The van der Waals surface area contributed by atoms with E-state index in [0.29, 0.717) is 12.2 Å². The maximum atomic E-state index is 12.7. The minimum Gasteiger partial charge on any atom is -0.336 e. The molecule has 0 saturated carbocycles. The zero-order chi connectivity index (χ0) is 20.5. The molecule has 1 saturated heterocycles. The predicted molar refractivity (Wildman–Crippen MR) is 126 cm³/mol. The lowest BCUT2D eigenvalue weighted by molar-refractivity contribution is -0.131. The van der Waals surface area contributed by atoms with Crippen molar-refractivity contribution in [2.75, 3.05) is 12.3 Å². The normalized spacial score (nSPS) is 18.8. The number of hydrogen-bond donors (Lipinski definition) is 1. The largest absolute Gasteiger partial charge is 0.336 e. The molecule has 0 aromatic carbocycles. The zero-order valence-electron chi connectivity index (χ0n) is 16.8. The van der Waals surface area contributed by atoms with Gasteiger partial charge in [0, 0.05) is 23.6 Å². The smallest absolute Gasteiger partial charge is 0.259 e. The van der Waals surface area contributed by atoms with Crippen LogP contribution < -0.4 is 5.56 Å². The molecule has 3 aromatic rings. The first-order valence-electron chi connectivity index (χ1n) is 10.6. The van der Waals surface area contributed by atoms with E-state index < -0.39 is 0 Å². The summed E-state index contributed by atoms with van der Waals surface area (Å²) >= 11 is 5.05. The molecule has 1 amide bonds. The maximum Gasteiger partial charge on any atom is 0.259 e. The highest BCUT2D eigenvalue weighted by molar-refractivity contribution is 7.98. The van der Waals surface area contributed by atoms with Crippen molar-refractivity contribution >= 4 is 50.6 Å². The summed E-state index contributed by atoms with van der Waals surface area (Å²) < 4.78 is 0. The number of rotatable bonds is 6. The number of aryl methyl sites for hydroxylation is 2. The SMILES string of the molecule is O=C(CCSCc1nc2sc3c(c2c(=O)[nH]1)CCCC3)N1CCCC1c1ccsc1. The Morgan fingerprint density at radius 2 is 2.20 bits per heavy atom. The van der Waals surface area contributed by atoms with Crippen molar-refractivity contribution in [3.8, 4) is 0 Å². The van der Waals surface area contributed by atoms with E-state index in [9.17, 15) is 9.59 Å². The summed E-state index contributed by atoms with van der Waals surface area (Å²) in [7, 11) is 0. The van der Waals surface area contributed by atoms with E-state index in [0.717, 1.165) is 60.4 Å². The third kappa shape index (κ3) is 3.97. The summed E-state index contributed by atoms with van der Waals surface area (Å²) in [4.78, 5) is 37.4. The molecular weight excluding hydrogens is 434 g/mol. The van der Waals surface area contributed by atoms with Crippen LogP contribution in [-0.4, -0.2) is 33.1 Å². The van der Waals surface area contributed by atoms with Crippen molar-refractivity contribution in [1.29, 1.82) is 0 Å². The molecule has 1 aliphatic heterocycles. The van der Waals surface area contributed by atoms with Crippen molar-refractivity contribution in [2.24, 2.45) is 0 Å². The fraction of sp³-hybridized carbons (Fsp3) is 0.500. The van der Waals surface area contributed by atoms with Gasteiger partial charge < -0.3 is 9.88 Å². The van der Waals surface area contributed by atoms with Gasteiger partial charge in [-0.05, 0) is 66.5 Å². The monoisotopic (exact) mass is 459 g/mol. The molecule has 8 heteroatoms. The predicted octanol–water partition coefficient (Wildman–Crippen LogP) is 4.91. The van der Waals surface area contributed by atoms with Crippen LogP contribution in [0.4, 0.5) is 0 Å². The Morgan fingerprint density at radius 1 is 1.30 bits per heavy atom. The molecule has 0 radical (unpaired) electrons. The van der Waals surface area contributed by atoms with Gasteiger partial charge in [-0.1, -0.05) is 0 Å². The van der Waals surface area contributed by atoms with Crippen molar-refractivity contribution in [3.63, 3.8) is 0 Å². The second-order valence-electron chi connectivity index (χ2n) is 8.01. The van der Waals surface area contributed by atoms with Crippen LogP contribution in [0.15, 0.2) is 21.6 Å². The van der Waals surface area contributed by atoms with E-state index in [1.807, 2.05) is 4.90 Å². The molecule has 5 nitrogen and oxygen atoms in total. The highest BCUT2D eigenvalue weighted by Gasteiger charge is 2.29. The van der Waals surface area contributed by atoms with Crippen molar-refractivity contribution in [1.82, 2.24) is 14.9 Å². The maximum absolute atomic E-state index is 12.7. The minimum atomic E-state index is 0.00162. The number of nitrogens with zero attached hydrogens (tertiary/aromatic N) is 2. The Kier molecular flexibility index (Phi) is 5.98. The van der Waals surface area contributed by atoms with Gasteiger partial charge in [0.2, 0.25) is 5.91 Å². The molecule has 2 aliphatic rings. The van der Waals surface area contributed by atoms with Gasteiger partial charge in [-0.3, -0.25) is 9.59 Å². The van der Waals surface area contributed by atoms with Crippen LogP contribution in [0.5, 0.6) is 0 Å². The average molecular weight is 460 g/mol. The van der Waals surface area contributed by atoms with Gasteiger partial charge in [0.25, 0.3) is 5.56 Å². The highest BCUT2D eigenvalue weighted by Crippen LogP contribution is 2.35. The molecule has 1 N–H and O–H groups in total. The van der Waals surface area contributed by atoms with Crippen LogP contribution in [0.25, 0.3) is 10.2 Å². The average Bonchev–Trinajstić information content (AvgIpc) is 3.49. The Balaban J connectivity index is 1.18. The van der Waals surface area contributed by atoms with Gasteiger partial charge in [0.1, 0.15) is 10.7 Å². The number of aromatic amines is 1. The minimum absolute atomic E-state index is 0.00162. The van der Waals surface area contributed by atoms with E-state index in [1.165, 1.54) is 22.4 Å². The first kappa shape index (κ1) is 20.3. The van der Waals surface area contributed by atoms with Gasteiger partial charge in [-0.2, -0.15) is 23.1 Å². The number of nitrogens with one attached hydrogen (secondary N) is 1. The van der Waals surface area contributed by atoms with E-state index in [1.54, 1.807) is 34.4 Å². The summed E-state index contributed by atoms with van der Waals surface area (Å²) in [5.41, 5.74) is 2.50. The number of thiophene rings is 2. The number of thioether (sulfide) groups is 1. The van der Waals surface area contributed by atoms with Crippen LogP contribution in [0, 0.1) is 0 Å². The first-order chi connectivity index (χ1) is 14.7. The van der Waals surface area contributed by atoms with Gasteiger partial charge in [0.05, 0.1) is 17.2 Å². The molecular formula is C22H25N3O2S3. The highest BCUT2D eigenvalue weighted by atomic mass is 32.2. The summed E-state index contributed by atoms with van der Waals surface area (Å²) in [5, 5.41) is 5.05. The van der Waals surface area contributed by atoms with Crippen LogP contribution >= 0.6 is 34.4 Å². The third-order valence-corrected chi connectivity index (χ3v) is 8.93. The number of fused-ring (bicyclic) bond motifs is 3. The van der Waals surface area contributed by atoms with E-state index in [4.69, 9.17) is 4.98 Å². The third-order valence-electron chi connectivity index (χ3n) is 6.07. The van der Waals surface area contributed by atoms with Crippen LogP contribution in [0.2, 0.25) is 0 Å². The lowest BCUT2D eigenvalue weighted by Crippen LogP contribution is -2.30. The molecule has 0 bridgehead atoms. The van der Waals surface area contributed by atoms with Crippen molar-refractivity contribution < 1.29 is 4.79 Å². The molecule has 30 heavy (non-hydrogen) atoms. The summed E-state index contributed by atoms with van der Waals surface area (Å²) in [6.45, 7) is 0.860. The topological polar surface area (TPSA) is 66.1 Å². The molecule has 158 valence electrons. The fourth-order valence-electron chi connectivity index (χ4n) is 4.63. The number of likely N-dealkylation sites (tertiary alicyclic amines) is 1. The molecule has 5 rings (SSSR count). The van der Waals surface area contributed by atoms with E-state index >= 15 is 0 Å². The van der Waals surface area contributed by atoms with Gasteiger partial charge in [0.15, 0.2) is 0 Å². The molecule has 1 atom stereocenters. The van der Waals surface area contributed by atoms with Crippen molar-refractivity contribution in [2.45, 2.75) is 56.7 Å². The Hall–Kier alpha value is -1.64. The van der Waals surface area contributed by atoms with E-state index in [-0.39, 0.29) is 17.5 Å². The number of carbonyl (C=O) groups is 1. The van der Waals surface area contributed by atoms with Gasteiger partial charge >= 0.3 is 0 Å². The number of aromatic nitrogens is 2. The molecule has 1 fully saturated rings. The number of hydrogen-bond acceptors (Lipinski definition) is 6. The number of H-pyrrole nitrogens is 1. The van der Waals surface area contributed by atoms with Crippen LogP contribution in [0.3, 0.4) is 0 Å². The van der Waals surface area contributed by atoms with Gasteiger partial charge in [-0.15, -0.1) is 11.3 Å². The second kappa shape index (κ2) is 8.85. The molecule has 1 unspecified atom stereocenters. The molecule has 3 aromatic heterocycles. The molecule has 4 heterocycles. The fourth-order valence-corrected chi connectivity index (χ4v) is 7.41. The van der Waals surface area contributed by atoms with Crippen molar-refractivity contribution in [3.05, 3.63) is 49.0 Å². The molecule has 0 spiro atoms. The van der Waals surface area contributed by atoms with Gasteiger partial charge in [-0.25, -0.2) is 4.98 Å². The quantitative estimate of drug-likeness (QED) is 0.532. The second-order valence-corrected chi connectivity index (χ2v) is 11.0. The summed E-state index contributed by atoms with van der Waals surface area (Å²) in [6, 6.07) is 2.38. The first-order valence-corrected chi connectivity index (χ1v) is 13.5. The number of carbonyl (C=O) groups excluding carboxylic acids is 1. The zero-order valence-corrected chi connectivity index (χ0v) is 19.3. The molecule has 1 aliphatic carbocycles. The lowest BCUT2D eigenvalue weighted by Gasteiger charge is -2.24. The Labute approximate surface area is 187 Å². The summed E-state index contributed by atoms with van der Waals surface area (Å²) in [6.07, 6.45) is 7.11. The Morgan fingerprint density at radius 3 is 3.07 bits per heavy atom. The number of amides is 1.